The summed E-state index contributed by atoms with van der Waals surface area (Å²) in [5, 5.41) is 4.76. The van der Waals surface area contributed by atoms with Gasteiger partial charge < -0.3 is 9.64 Å². The molecule has 0 aliphatic carbocycles. The topological polar surface area (TPSA) is 59.7 Å². The van der Waals surface area contributed by atoms with Crippen molar-refractivity contribution in [3.63, 3.8) is 0 Å². The third kappa shape index (κ3) is 3.84. The van der Waals surface area contributed by atoms with Gasteiger partial charge in [-0.15, -0.1) is 0 Å². The van der Waals surface area contributed by atoms with Gasteiger partial charge in [-0.2, -0.15) is 5.10 Å². The van der Waals surface area contributed by atoms with Crippen LogP contribution in [0.2, 0.25) is 0 Å². The minimum atomic E-state index is -0.00356. The molecule has 3 heterocycles. The molecule has 6 heteroatoms. The van der Waals surface area contributed by atoms with E-state index >= 15 is 0 Å². The number of carbonyl (C=O) groups excluding carboxylic acids is 1. The van der Waals surface area contributed by atoms with E-state index in [1.807, 2.05) is 71.6 Å². The van der Waals surface area contributed by atoms with E-state index < -0.39 is 0 Å². The second kappa shape index (κ2) is 8.46. The molecule has 6 nitrogen and oxygen atoms in total. The predicted molar refractivity (Wildman–Crippen MR) is 125 cm³/mol. The average Bonchev–Trinajstić information content (AvgIpc) is 3.28. The van der Waals surface area contributed by atoms with Crippen LogP contribution in [0.3, 0.4) is 0 Å². The van der Waals surface area contributed by atoms with E-state index in [4.69, 9.17) is 14.8 Å². The second-order valence-electron chi connectivity index (χ2n) is 8.40. The van der Waals surface area contributed by atoms with Gasteiger partial charge in [-0.25, -0.2) is 9.50 Å². The maximum Gasteiger partial charge on any atom is 0.272 e. The maximum atomic E-state index is 13.6. The molecule has 0 saturated carbocycles. The van der Waals surface area contributed by atoms with E-state index in [0.717, 1.165) is 54.2 Å². The number of likely N-dealkylation sites (tertiary alicyclic amines) is 1. The molecule has 0 radical (unpaired) electrons. The number of amides is 1. The van der Waals surface area contributed by atoms with Crippen LogP contribution in [0.5, 0.6) is 5.75 Å². The lowest BCUT2D eigenvalue weighted by molar-refractivity contribution is 0.0688. The largest absolute Gasteiger partial charge is 0.497 e. The van der Waals surface area contributed by atoms with Crippen molar-refractivity contribution in [3.05, 3.63) is 72.4 Å². The Morgan fingerprint density at radius 2 is 1.69 bits per heavy atom. The lowest BCUT2D eigenvalue weighted by atomic mass is 9.99. The Kier molecular flexibility index (Phi) is 5.35. The number of rotatable bonds is 4. The summed E-state index contributed by atoms with van der Waals surface area (Å²) in [6, 6.07) is 21.5. The van der Waals surface area contributed by atoms with E-state index in [1.54, 1.807) is 11.6 Å². The molecule has 1 aliphatic rings. The molecular formula is C26H26N4O2. The summed E-state index contributed by atoms with van der Waals surface area (Å²) in [6.45, 7) is 3.78. The highest BCUT2D eigenvalue weighted by atomic mass is 16.5. The normalized spacial score (nSPS) is 14.6. The predicted octanol–water partition coefficient (Wildman–Crippen LogP) is 4.94. The summed E-state index contributed by atoms with van der Waals surface area (Å²) in [5.74, 6) is 1.40. The average molecular weight is 427 g/mol. The summed E-state index contributed by atoms with van der Waals surface area (Å²) >= 11 is 0. The van der Waals surface area contributed by atoms with Crippen LogP contribution in [0.4, 0.5) is 0 Å². The molecule has 0 atom stereocenters. The first kappa shape index (κ1) is 20.2. The standard InChI is InChI=1S/C26H26N4O2/c1-18-11-13-29(14-12-18)26(31)24-16-22(20-9-6-10-21(15-20)32-2)27-25-17-23(28-30(24)25)19-7-4-3-5-8-19/h3-10,15-18H,11-14H2,1-2H3. The zero-order valence-electron chi connectivity index (χ0n) is 18.4. The van der Waals surface area contributed by atoms with Crippen LogP contribution in [0, 0.1) is 5.92 Å². The Morgan fingerprint density at radius 3 is 2.44 bits per heavy atom. The van der Waals surface area contributed by atoms with Crippen molar-refractivity contribution in [3.8, 4) is 28.3 Å². The number of nitrogens with zero attached hydrogens (tertiary/aromatic N) is 4. The van der Waals surface area contributed by atoms with Gasteiger partial charge in [0.05, 0.1) is 18.5 Å². The lowest BCUT2D eigenvalue weighted by Gasteiger charge is -2.30. The zero-order chi connectivity index (χ0) is 22.1. The Labute approximate surface area is 187 Å². The van der Waals surface area contributed by atoms with Gasteiger partial charge in [0.2, 0.25) is 0 Å². The van der Waals surface area contributed by atoms with E-state index in [9.17, 15) is 4.79 Å². The summed E-state index contributed by atoms with van der Waals surface area (Å²) in [4.78, 5) is 20.4. The molecule has 5 rings (SSSR count). The number of hydrogen-bond donors (Lipinski definition) is 0. The van der Waals surface area contributed by atoms with Crippen molar-refractivity contribution in [1.29, 1.82) is 0 Å². The van der Waals surface area contributed by atoms with Crippen LogP contribution in [0.15, 0.2) is 66.7 Å². The first-order valence-corrected chi connectivity index (χ1v) is 11.0. The third-order valence-electron chi connectivity index (χ3n) is 6.15. The van der Waals surface area contributed by atoms with Gasteiger partial charge in [0.15, 0.2) is 5.65 Å². The van der Waals surface area contributed by atoms with Crippen molar-refractivity contribution < 1.29 is 9.53 Å². The van der Waals surface area contributed by atoms with Crippen molar-refractivity contribution >= 4 is 11.6 Å². The first-order chi connectivity index (χ1) is 15.6. The van der Waals surface area contributed by atoms with Gasteiger partial charge in [-0.3, -0.25) is 4.79 Å². The van der Waals surface area contributed by atoms with Crippen LogP contribution < -0.4 is 4.74 Å². The highest BCUT2D eigenvalue weighted by Crippen LogP contribution is 2.27. The van der Waals surface area contributed by atoms with Gasteiger partial charge in [0, 0.05) is 30.3 Å². The molecule has 1 fully saturated rings. The molecule has 1 aliphatic heterocycles. The zero-order valence-corrected chi connectivity index (χ0v) is 18.4. The fourth-order valence-electron chi connectivity index (χ4n) is 4.18. The number of piperidine rings is 1. The van der Waals surface area contributed by atoms with Crippen molar-refractivity contribution in [2.75, 3.05) is 20.2 Å². The molecule has 1 saturated heterocycles. The molecule has 2 aromatic heterocycles. The fraction of sp³-hybridized carbons (Fsp3) is 0.269. The van der Waals surface area contributed by atoms with Crippen LogP contribution in [-0.2, 0) is 0 Å². The van der Waals surface area contributed by atoms with Crippen LogP contribution >= 0.6 is 0 Å². The van der Waals surface area contributed by atoms with Gasteiger partial charge >= 0.3 is 0 Å². The Hall–Kier alpha value is -3.67. The van der Waals surface area contributed by atoms with Gasteiger partial charge in [0.1, 0.15) is 11.4 Å². The van der Waals surface area contributed by atoms with Crippen LogP contribution in [0.1, 0.15) is 30.3 Å². The number of aromatic nitrogens is 3. The molecule has 1 amide bonds. The summed E-state index contributed by atoms with van der Waals surface area (Å²) in [6.07, 6.45) is 2.05. The molecule has 32 heavy (non-hydrogen) atoms. The fourth-order valence-corrected chi connectivity index (χ4v) is 4.18. The molecule has 0 spiro atoms. The molecule has 0 unspecified atom stereocenters. The van der Waals surface area contributed by atoms with Gasteiger partial charge in [-0.05, 0) is 37.0 Å². The number of hydrogen-bond acceptors (Lipinski definition) is 4. The molecule has 2 aromatic carbocycles. The van der Waals surface area contributed by atoms with E-state index in [0.29, 0.717) is 17.3 Å². The minimum Gasteiger partial charge on any atom is -0.497 e. The molecule has 162 valence electrons. The summed E-state index contributed by atoms with van der Waals surface area (Å²) in [5.41, 5.74) is 4.59. The maximum absolute atomic E-state index is 13.6. The Balaban J connectivity index is 1.64. The SMILES string of the molecule is COc1cccc(-c2cc(C(=O)N3CCC(C)CC3)n3nc(-c4ccccc4)cc3n2)c1. The van der Waals surface area contributed by atoms with Crippen LogP contribution in [-0.4, -0.2) is 45.6 Å². The van der Waals surface area contributed by atoms with Crippen molar-refractivity contribution in [2.24, 2.45) is 5.92 Å². The number of carbonyl (C=O) groups is 1. The van der Waals surface area contributed by atoms with Crippen LogP contribution in [0.25, 0.3) is 28.2 Å². The molecule has 0 N–H and O–H groups in total. The molecule has 4 aromatic rings. The highest BCUT2D eigenvalue weighted by Gasteiger charge is 2.25. The highest BCUT2D eigenvalue weighted by molar-refractivity contribution is 5.94. The van der Waals surface area contributed by atoms with E-state index in [1.165, 1.54) is 0 Å². The number of benzene rings is 2. The smallest absolute Gasteiger partial charge is 0.272 e. The third-order valence-corrected chi connectivity index (χ3v) is 6.15. The summed E-state index contributed by atoms with van der Waals surface area (Å²) in [7, 11) is 1.64. The quantitative estimate of drug-likeness (QED) is 0.464. The summed E-state index contributed by atoms with van der Waals surface area (Å²) < 4.78 is 7.08. The van der Waals surface area contributed by atoms with Crippen molar-refractivity contribution in [2.45, 2.75) is 19.8 Å². The van der Waals surface area contributed by atoms with E-state index in [-0.39, 0.29) is 5.91 Å². The molecule has 0 bridgehead atoms. The van der Waals surface area contributed by atoms with Gasteiger partial charge in [0.25, 0.3) is 5.91 Å². The lowest BCUT2D eigenvalue weighted by Crippen LogP contribution is -2.38. The monoisotopic (exact) mass is 426 g/mol. The Bertz CT molecular complexity index is 1260. The number of ether oxygens (including phenoxy) is 1. The second-order valence-corrected chi connectivity index (χ2v) is 8.40. The molecular weight excluding hydrogens is 400 g/mol. The minimum absolute atomic E-state index is 0.00356. The van der Waals surface area contributed by atoms with E-state index in [2.05, 4.69) is 6.92 Å². The van der Waals surface area contributed by atoms with Gasteiger partial charge in [-0.1, -0.05) is 49.4 Å². The number of fused-ring (bicyclic) bond motifs is 1. The van der Waals surface area contributed by atoms with Crippen molar-refractivity contribution in [1.82, 2.24) is 19.5 Å². The Morgan fingerprint density at radius 1 is 0.938 bits per heavy atom. The number of methoxy groups -OCH3 is 1. The first-order valence-electron chi connectivity index (χ1n) is 11.0.